The molecule has 5 rings (SSSR count). The van der Waals surface area contributed by atoms with Crippen molar-refractivity contribution in [2.45, 2.75) is 127 Å². The molecule has 4 amide bonds. The fraction of sp³-hybridized carbons (Fsp3) is 0.447. The SMILES string of the molecule is CN(Cc1cc(NC(=O)CCc2cc(C(C(=O)O)N(c3ccc4cncc(F)c4c3)N(C(=O)OC(C)(C)C)C(=O)OC(C)(C)C)ccc2F)ccc1S(=O)(=O)C1CC1)C(=O)OCC[Si](C)(C)C. The number of pyridine rings is 1. The first kappa shape index (κ1) is 51.8. The maximum absolute atomic E-state index is 15.6. The Balaban J connectivity index is 1.47. The van der Waals surface area contributed by atoms with Crippen molar-refractivity contribution in [2.24, 2.45) is 0 Å². The summed E-state index contributed by atoms with van der Waals surface area (Å²) < 4.78 is 74.3. The first-order valence-corrected chi connectivity index (χ1v) is 26.9. The molecule has 3 aromatic carbocycles. The van der Waals surface area contributed by atoms with Crippen molar-refractivity contribution >= 4 is 70.2 Å². The van der Waals surface area contributed by atoms with Gasteiger partial charge in [0.2, 0.25) is 5.91 Å². The van der Waals surface area contributed by atoms with E-state index in [1.165, 1.54) is 102 Å². The molecule has 362 valence electrons. The van der Waals surface area contributed by atoms with Crippen molar-refractivity contribution in [2.75, 3.05) is 24.0 Å². The number of carbonyl (C=O) groups excluding carboxylic acids is 4. The molecule has 1 unspecified atom stereocenters. The van der Waals surface area contributed by atoms with Gasteiger partial charge in [-0.15, -0.1) is 5.01 Å². The molecule has 1 atom stereocenters. The van der Waals surface area contributed by atoms with Crippen molar-refractivity contribution in [1.82, 2.24) is 14.9 Å². The molecule has 1 aliphatic rings. The van der Waals surface area contributed by atoms with Crippen molar-refractivity contribution in [3.63, 3.8) is 0 Å². The third-order valence-corrected chi connectivity index (χ3v) is 14.3. The van der Waals surface area contributed by atoms with Crippen molar-refractivity contribution in [3.05, 3.63) is 95.3 Å². The molecule has 1 aromatic heterocycles. The summed E-state index contributed by atoms with van der Waals surface area (Å²) in [5, 5.41) is 14.5. The van der Waals surface area contributed by atoms with E-state index in [0.29, 0.717) is 23.2 Å². The van der Waals surface area contributed by atoms with Crippen LogP contribution >= 0.6 is 0 Å². The fourth-order valence-corrected chi connectivity index (χ4v) is 9.38. The largest absolute Gasteiger partial charge is 0.479 e. The van der Waals surface area contributed by atoms with Crippen LogP contribution in [0.1, 0.15) is 83.5 Å². The van der Waals surface area contributed by atoms with Gasteiger partial charge in [-0.2, -0.15) is 0 Å². The van der Waals surface area contributed by atoms with Crippen LogP contribution in [0.4, 0.5) is 34.5 Å². The molecule has 1 fully saturated rings. The molecule has 0 spiro atoms. The maximum atomic E-state index is 15.6. The number of sulfone groups is 1. The summed E-state index contributed by atoms with van der Waals surface area (Å²) in [6, 6.07) is 10.3. The smallest absolute Gasteiger partial charge is 0.439 e. The van der Waals surface area contributed by atoms with Gasteiger partial charge in [-0.25, -0.2) is 36.4 Å². The second-order valence-electron chi connectivity index (χ2n) is 19.6. The standard InChI is InChI=1S/C47H59F2N5O11SSi/c1-46(2,3)64-44(59)54(45(60)65-47(4,5)6)53(34-15-11-31-26-50-27-38(49)36(31)25-34)41(42(56)57)30-12-18-37(48)29(23-30)13-20-40(55)51-33-14-19-39(66(61,62)35-16-17-35)32(24-33)28-52(7)43(58)63-21-22-67(8,9)10/h11-12,14-15,18-19,23-27,35,41H,13,16-17,20-22,28H2,1-10H3,(H,51,55)(H,56,57). The highest BCUT2D eigenvalue weighted by Crippen LogP contribution is 2.37. The highest BCUT2D eigenvalue weighted by Gasteiger charge is 2.43. The fourth-order valence-electron chi connectivity index (χ4n) is 6.81. The summed E-state index contributed by atoms with van der Waals surface area (Å²) in [5.74, 6) is -3.83. The Morgan fingerprint density at radius 1 is 0.851 bits per heavy atom. The number of hydrazine groups is 1. The normalized spacial score (nSPS) is 13.6. The second kappa shape index (κ2) is 20.4. The summed E-state index contributed by atoms with van der Waals surface area (Å²) in [6.45, 7) is 15.7. The van der Waals surface area contributed by atoms with Gasteiger partial charge in [0, 0.05) is 44.2 Å². The topological polar surface area (TPSA) is 202 Å². The number of aliphatic carboxylic acids is 1. The number of aryl methyl sites for hydroxylation is 1. The van der Waals surface area contributed by atoms with Crippen molar-refractivity contribution in [3.8, 4) is 0 Å². The lowest BCUT2D eigenvalue weighted by molar-refractivity contribution is -0.139. The first-order valence-electron chi connectivity index (χ1n) is 21.7. The summed E-state index contributed by atoms with van der Waals surface area (Å²) in [6.07, 6.45) is -0.620. The Kier molecular flexibility index (Phi) is 15.8. The predicted molar refractivity (Wildman–Crippen MR) is 250 cm³/mol. The second-order valence-corrected chi connectivity index (χ2v) is 27.4. The van der Waals surface area contributed by atoms with Gasteiger partial charge < -0.3 is 29.5 Å². The van der Waals surface area contributed by atoms with Crippen LogP contribution in [0.3, 0.4) is 0 Å². The molecule has 1 aliphatic carbocycles. The average molecular weight is 968 g/mol. The molecule has 67 heavy (non-hydrogen) atoms. The minimum atomic E-state index is -3.73. The molecule has 16 nitrogen and oxygen atoms in total. The van der Waals surface area contributed by atoms with E-state index in [2.05, 4.69) is 29.9 Å². The van der Waals surface area contributed by atoms with E-state index >= 15 is 8.78 Å². The van der Waals surface area contributed by atoms with Crippen LogP contribution in [-0.2, 0) is 46.6 Å². The number of ether oxygens (including phenoxy) is 3. The molecular weight excluding hydrogens is 909 g/mol. The van der Waals surface area contributed by atoms with Crippen LogP contribution in [0, 0.1) is 11.6 Å². The van der Waals surface area contributed by atoms with Crippen molar-refractivity contribution in [1.29, 1.82) is 0 Å². The van der Waals surface area contributed by atoms with E-state index in [0.717, 1.165) is 29.4 Å². The van der Waals surface area contributed by atoms with Crippen LogP contribution in [0.25, 0.3) is 10.8 Å². The van der Waals surface area contributed by atoms with Gasteiger partial charge >= 0.3 is 24.2 Å². The molecular formula is C47H59F2N5O11SSi. The number of fused-ring (bicyclic) bond motifs is 1. The van der Waals surface area contributed by atoms with Gasteiger partial charge in [-0.05, 0) is 120 Å². The number of anilines is 2. The maximum Gasteiger partial charge on any atom is 0.439 e. The number of hydrogen-bond donors (Lipinski definition) is 2. The molecule has 20 heteroatoms. The van der Waals surface area contributed by atoms with Gasteiger partial charge in [-0.1, -0.05) is 37.8 Å². The zero-order valence-electron chi connectivity index (χ0n) is 39.4. The third kappa shape index (κ3) is 13.9. The number of amides is 4. The molecule has 0 saturated heterocycles. The number of carboxylic acids is 1. The van der Waals surface area contributed by atoms with Gasteiger partial charge in [0.25, 0.3) is 0 Å². The Morgan fingerprint density at radius 3 is 2.07 bits per heavy atom. The highest BCUT2D eigenvalue weighted by molar-refractivity contribution is 7.92. The predicted octanol–water partition coefficient (Wildman–Crippen LogP) is 9.65. The minimum absolute atomic E-state index is 0.0263. The van der Waals surface area contributed by atoms with Gasteiger partial charge in [0.15, 0.2) is 15.9 Å². The molecule has 0 aliphatic heterocycles. The minimum Gasteiger partial charge on any atom is -0.479 e. The van der Waals surface area contributed by atoms with E-state index in [4.69, 9.17) is 14.2 Å². The van der Waals surface area contributed by atoms with Crippen LogP contribution in [0.5, 0.6) is 0 Å². The number of nitrogens with zero attached hydrogens (tertiary/aromatic N) is 4. The Hall–Kier alpha value is -6.15. The summed E-state index contributed by atoms with van der Waals surface area (Å²) >= 11 is 0. The quantitative estimate of drug-likeness (QED) is 0.0611. The van der Waals surface area contributed by atoms with Gasteiger partial charge in [-0.3, -0.25) is 14.8 Å². The molecule has 0 bridgehead atoms. The van der Waals surface area contributed by atoms with E-state index < -0.39 is 82.2 Å². The van der Waals surface area contributed by atoms with Crippen LogP contribution < -0.4 is 10.3 Å². The summed E-state index contributed by atoms with van der Waals surface area (Å²) in [5.41, 5.74) is -2.39. The Bertz CT molecular complexity index is 2620. The zero-order chi connectivity index (χ0) is 49.8. The highest BCUT2D eigenvalue weighted by atomic mass is 32.2. The number of aromatic nitrogens is 1. The molecule has 1 heterocycles. The van der Waals surface area contributed by atoms with E-state index in [9.17, 15) is 37.5 Å². The number of rotatable bonds is 16. The number of halogens is 2. The van der Waals surface area contributed by atoms with Gasteiger partial charge in [0.1, 0.15) is 22.8 Å². The number of imide groups is 1. The van der Waals surface area contributed by atoms with Crippen LogP contribution in [-0.4, -0.2) is 96.8 Å². The lowest BCUT2D eigenvalue weighted by Gasteiger charge is -2.39. The zero-order valence-corrected chi connectivity index (χ0v) is 41.3. The number of carboxylic acid groups (broad SMARTS) is 1. The monoisotopic (exact) mass is 967 g/mol. The molecule has 0 radical (unpaired) electrons. The Morgan fingerprint density at radius 2 is 1.49 bits per heavy atom. The number of hydrogen-bond acceptors (Lipinski definition) is 12. The number of nitrogens with one attached hydrogen (secondary N) is 1. The molecule has 2 N–H and O–H groups in total. The van der Waals surface area contributed by atoms with Crippen LogP contribution in [0.2, 0.25) is 25.7 Å². The van der Waals surface area contributed by atoms with E-state index in [-0.39, 0.29) is 64.3 Å². The Labute approximate surface area is 390 Å². The van der Waals surface area contributed by atoms with E-state index in [1.54, 1.807) is 0 Å². The van der Waals surface area contributed by atoms with Gasteiger partial charge in [0.05, 0.1) is 35.2 Å². The summed E-state index contributed by atoms with van der Waals surface area (Å²) in [7, 11) is -3.75. The lowest BCUT2D eigenvalue weighted by atomic mass is 9.99. The van der Waals surface area contributed by atoms with Crippen molar-refractivity contribution < 1.29 is 60.5 Å². The third-order valence-electron chi connectivity index (χ3n) is 10.2. The summed E-state index contributed by atoms with van der Waals surface area (Å²) in [4.78, 5) is 73.1. The first-order chi connectivity index (χ1) is 31.0. The van der Waals surface area contributed by atoms with E-state index in [1.807, 2.05) is 0 Å². The number of carbonyl (C=O) groups is 5. The molecule has 4 aromatic rings. The lowest BCUT2D eigenvalue weighted by Crippen LogP contribution is -2.56. The van der Waals surface area contributed by atoms with Crippen LogP contribution in [0.15, 0.2) is 71.9 Å². The molecule has 1 saturated carbocycles. The number of benzene rings is 3. The average Bonchev–Trinajstić information content (AvgIpc) is 4.06.